The average molecular weight is 279 g/mol. The lowest BCUT2D eigenvalue weighted by Crippen LogP contribution is -2.56. The summed E-state index contributed by atoms with van der Waals surface area (Å²) in [6.45, 7) is 4.39. The normalized spacial score (nSPS) is 30.6. The maximum atomic E-state index is 12.3. The minimum absolute atomic E-state index is 0. The number of piperidine rings is 1. The molecule has 0 spiro atoms. The molecule has 0 radical (unpaired) electrons. The highest BCUT2D eigenvalue weighted by molar-refractivity contribution is 5.86. The molecule has 0 saturated carbocycles. The Morgan fingerprint density at radius 3 is 2.61 bits per heavy atom. The molecule has 0 aromatic carbocycles. The highest BCUT2D eigenvalue weighted by Gasteiger charge is 2.41. The Morgan fingerprint density at radius 1 is 1.44 bits per heavy atom. The van der Waals surface area contributed by atoms with E-state index in [9.17, 15) is 4.79 Å². The first-order valence-corrected chi connectivity index (χ1v) is 6.36. The SMILES string of the molecule is COC1(C(=O)NC2CCOC2C)CCNCC1.Cl. The van der Waals surface area contributed by atoms with Gasteiger partial charge in [-0.25, -0.2) is 0 Å². The predicted molar refractivity (Wildman–Crippen MR) is 71.1 cm³/mol. The van der Waals surface area contributed by atoms with Gasteiger partial charge in [-0.05, 0) is 39.3 Å². The zero-order chi connectivity index (χ0) is 12.3. The van der Waals surface area contributed by atoms with Crippen molar-refractivity contribution < 1.29 is 14.3 Å². The third kappa shape index (κ3) is 3.15. The molecule has 0 bridgehead atoms. The zero-order valence-electron chi connectivity index (χ0n) is 11.0. The fourth-order valence-electron chi connectivity index (χ4n) is 2.58. The molecular formula is C12H23ClN2O3. The van der Waals surface area contributed by atoms with Crippen LogP contribution in [0.1, 0.15) is 26.2 Å². The van der Waals surface area contributed by atoms with E-state index in [1.807, 2.05) is 6.92 Å². The average Bonchev–Trinajstić information content (AvgIpc) is 2.76. The van der Waals surface area contributed by atoms with Crippen LogP contribution < -0.4 is 10.6 Å². The molecule has 2 rings (SSSR count). The van der Waals surface area contributed by atoms with Crippen molar-refractivity contribution in [2.75, 3.05) is 26.8 Å². The van der Waals surface area contributed by atoms with Crippen molar-refractivity contribution >= 4 is 18.3 Å². The standard InChI is InChI=1S/C12H22N2O3.ClH/c1-9-10(3-8-17-9)14-11(15)12(16-2)4-6-13-7-5-12;/h9-10,13H,3-8H2,1-2H3,(H,14,15);1H. The van der Waals surface area contributed by atoms with E-state index in [0.29, 0.717) is 0 Å². The number of amides is 1. The molecule has 1 amide bonds. The monoisotopic (exact) mass is 278 g/mol. The maximum absolute atomic E-state index is 12.3. The fraction of sp³-hybridized carbons (Fsp3) is 0.917. The topological polar surface area (TPSA) is 59.6 Å². The van der Waals surface area contributed by atoms with Crippen LogP contribution in [0.3, 0.4) is 0 Å². The summed E-state index contributed by atoms with van der Waals surface area (Å²) in [7, 11) is 1.62. The van der Waals surface area contributed by atoms with Crippen LogP contribution in [-0.2, 0) is 14.3 Å². The number of methoxy groups -OCH3 is 1. The van der Waals surface area contributed by atoms with Gasteiger partial charge in [0.25, 0.3) is 5.91 Å². The highest BCUT2D eigenvalue weighted by Crippen LogP contribution is 2.24. The van der Waals surface area contributed by atoms with Crippen molar-refractivity contribution in [3.05, 3.63) is 0 Å². The lowest BCUT2D eigenvalue weighted by atomic mass is 9.90. The number of carbonyl (C=O) groups is 1. The lowest BCUT2D eigenvalue weighted by Gasteiger charge is -2.36. The lowest BCUT2D eigenvalue weighted by molar-refractivity contribution is -0.147. The summed E-state index contributed by atoms with van der Waals surface area (Å²) in [6, 6.07) is 0.129. The zero-order valence-corrected chi connectivity index (χ0v) is 11.8. The van der Waals surface area contributed by atoms with Gasteiger partial charge in [0, 0.05) is 13.7 Å². The summed E-state index contributed by atoms with van der Waals surface area (Å²) in [5, 5.41) is 6.32. The molecule has 2 fully saturated rings. The van der Waals surface area contributed by atoms with E-state index in [0.717, 1.165) is 39.0 Å². The third-order valence-corrected chi connectivity index (χ3v) is 3.91. The Balaban J connectivity index is 0.00000162. The van der Waals surface area contributed by atoms with E-state index in [4.69, 9.17) is 9.47 Å². The Bertz CT molecular complexity index is 282. The molecule has 18 heavy (non-hydrogen) atoms. The van der Waals surface area contributed by atoms with Gasteiger partial charge in [0.05, 0.1) is 12.1 Å². The van der Waals surface area contributed by atoms with E-state index in [-0.39, 0.29) is 30.5 Å². The largest absolute Gasteiger partial charge is 0.376 e. The molecule has 2 aliphatic heterocycles. The van der Waals surface area contributed by atoms with E-state index in [1.165, 1.54) is 0 Å². The maximum Gasteiger partial charge on any atom is 0.252 e. The molecule has 2 unspecified atom stereocenters. The number of ether oxygens (including phenoxy) is 2. The van der Waals surface area contributed by atoms with Crippen molar-refractivity contribution in [2.45, 2.75) is 43.9 Å². The smallest absolute Gasteiger partial charge is 0.252 e. The molecule has 0 aromatic heterocycles. The summed E-state index contributed by atoms with van der Waals surface area (Å²) < 4.78 is 10.9. The summed E-state index contributed by atoms with van der Waals surface area (Å²) in [5.74, 6) is 0.0175. The third-order valence-electron chi connectivity index (χ3n) is 3.91. The van der Waals surface area contributed by atoms with Crippen LogP contribution in [0.5, 0.6) is 0 Å². The van der Waals surface area contributed by atoms with Crippen molar-refractivity contribution in [2.24, 2.45) is 0 Å². The Hall–Kier alpha value is -0.360. The van der Waals surface area contributed by atoms with Gasteiger partial charge in [-0.3, -0.25) is 4.79 Å². The van der Waals surface area contributed by atoms with Crippen LogP contribution in [0.15, 0.2) is 0 Å². The van der Waals surface area contributed by atoms with Gasteiger partial charge in [-0.1, -0.05) is 0 Å². The minimum atomic E-state index is -0.645. The Labute approximate surface area is 114 Å². The first-order valence-electron chi connectivity index (χ1n) is 6.36. The number of nitrogens with one attached hydrogen (secondary N) is 2. The predicted octanol–water partition coefficient (Wildman–Crippen LogP) is 0.470. The Morgan fingerprint density at radius 2 is 2.11 bits per heavy atom. The van der Waals surface area contributed by atoms with Crippen molar-refractivity contribution in [3.8, 4) is 0 Å². The van der Waals surface area contributed by atoms with E-state index in [2.05, 4.69) is 10.6 Å². The van der Waals surface area contributed by atoms with Gasteiger partial charge in [-0.2, -0.15) is 0 Å². The summed E-state index contributed by atoms with van der Waals surface area (Å²) in [6.07, 6.45) is 2.47. The molecule has 106 valence electrons. The van der Waals surface area contributed by atoms with Gasteiger partial charge >= 0.3 is 0 Å². The number of halogens is 1. The van der Waals surface area contributed by atoms with E-state index < -0.39 is 5.60 Å². The molecule has 2 aliphatic rings. The van der Waals surface area contributed by atoms with Gasteiger partial charge in [0.2, 0.25) is 0 Å². The molecule has 0 aliphatic carbocycles. The quantitative estimate of drug-likeness (QED) is 0.788. The van der Waals surface area contributed by atoms with Gasteiger partial charge in [0.1, 0.15) is 5.60 Å². The fourth-order valence-corrected chi connectivity index (χ4v) is 2.58. The molecule has 2 atom stereocenters. The van der Waals surface area contributed by atoms with Crippen LogP contribution in [0.2, 0.25) is 0 Å². The summed E-state index contributed by atoms with van der Waals surface area (Å²) in [5.41, 5.74) is -0.645. The Kier molecular flexibility index (Phi) is 5.85. The van der Waals surface area contributed by atoms with Crippen molar-refractivity contribution in [3.63, 3.8) is 0 Å². The van der Waals surface area contributed by atoms with Gasteiger partial charge in [-0.15, -0.1) is 12.4 Å². The number of rotatable bonds is 3. The van der Waals surface area contributed by atoms with Crippen LogP contribution in [0, 0.1) is 0 Å². The molecular weight excluding hydrogens is 256 g/mol. The molecule has 2 N–H and O–H groups in total. The van der Waals surface area contributed by atoms with Crippen molar-refractivity contribution in [1.29, 1.82) is 0 Å². The first-order chi connectivity index (χ1) is 8.18. The molecule has 0 aromatic rings. The van der Waals surface area contributed by atoms with Crippen LogP contribution in [0.4, 0.5) is 0 Å². The van der Waals surface area contributed by atoms with Crippen LogP contribution >= 0.6 is 12.4 Å². The molecule has 6 heteroatoms. The number of hydrogen-bond donors (Lipinski definition) is 2. The van der Waals surface area contributed by atoms with E-state index in [1.54, 1.807) is 7.11 Å². The summed E-state index contributed by atoms with van der Waals surface area (Å²) >= 11 is 0. The van der Waals surface area contributed by atoms with Crippen molar-refractivity contribution in [1.82, 2.24) is 10.6 Å². The van der Waals surface area contributed by atoms with Crippen LogP contribution in [0.25, 0.3) is 0 Å². The second-order valence-corrected chi connectivity index (χ2v) is 4.89. The number of carbonyl (C=O) groups excluding carboxylic acids is 1. The minimum Gasteiger partial charge on any atom is -0.376 e. The van der Waals surface area contributed by atoms with Gasteiger partial charge in [0.15, 0.2) is 0 Å². The molecule has 2 heterocycles. The second kappa shape index (κ2) is 6.70. The van der Waals surface area contributed by atoms with Gasteiger partial charge < -0.3 is 20.1 Å². The second-order valence-electron chi connectivity index (χ2n) is 4.89. The van der Waals surface area contributed by atoms with E-state index >= 15 is 0 Å². The molecule has 5 nitrogen and oxygen atoms in total. The summed E-state index contributed by atoms with van der Waals surface area (Å²) in [4.78, 5) is 12.3. The molecule has 2 saturated heterocycles. The number of hydrogen-bond acceptors (Lipinski definition) is 4. The first kappa shape index (κ1) is 15.7. The highest BCUT2D eigenvalue weighted by atomic mass is 35.5. The van der Waals surface area contributed by atoms with Crippen LogP contribution in [-0.4, -0.2) is 50.5 Å².